The first kappa shape index (κ1) is 14.5. The Morgan fingerprint density at radius 3 is 2.58 bits per heavy atom. The normalized spacial score (nSPS) is 18.7. The van der Waals surface area contributed by atoms with Crippen LogP contribution < -0.4 is 5.73 Å². The quantitative estimate of drug-likeness (QED) is 0.906. The molecule has 1 heterocycles. The molecule has 2 N–H and O–H groups in total. The number of nitrogens with zero attached hydrogens (tertiary/aromatic N) is 1. The number of benzene rings is 1. The first-order valence-electron chi connectivity index (χ1n) is 7.21. The third-order valence-corrected chi connectivity index (χ3v) is 4.33. The molecule has 3 heteroatoms. The van der Waals surface area contributed by atoms with Gasteiger partial charge in [-0.3, -0.25) is 4.90 Å². The summed E-state index contributed by atoms with van der Waals surface area (Å²) in [5, 5.41) is 0. The zero-order chi connectivity index (χ0) is 13.9. The highest BCUT2D eigenvalue weighted by Gasteiger charge is 2.30. The molecule has 1 fully saturated rings. The fourth-order valence-electron chi connectivity index (χ4n) is 3.03. The molecule has 0 aromatic heterocycles. The summed E-state index contributed by atoms with van der Waals surface area (Å²) < 4.78 is 13.3. The van der Waals surface area contributed by atoms with Crippen LogP contribution in [0.1, 0.15) is 32.3 Å². The number of hydrogen-bond acceptors (Lipinski definition) is 2. The first-order chi connectivity index (χ1) is 9.01. The van der Waals surface area contributed by atoms with Crippen LogP contribution in [0.4, 0.5) is 4.39 Å². The minimum absolute atomic E-state index is 0.0767. The number of piperidine rings is 1. The van der Waals surface area contributed by atoms with Gasteiger partial charge in [-0.1, -0.05) is 12.1 Å². The van der Waals surface area contributed by atoms with Gasteiger partial charge in [-0.15, -0.1) is 0 Å². The summed E-state index contributed by atoms with van der Waals surface area (Å²) in [5.41, 5.74) is 6.89. The highest BCUT2D eigenvalue weighted by atomic mass is 19.1. The highest BCUT2D eigenvalue weighted by Crippen LogP contribution is 2.26. The number of rotatable bonds is 4. The van der Waals surface area contributed by atoms with E-state index in [9.17, 15) is 4.39 Å². The van der Waals surface area contributed by atoms with Crippen molar-refractivity contribution in [2.75, 3.05) is 19.6 Å². The van der Waals surface area contributed by atoms with Crippen molar-refractivity contribution in [3.63, 3.8) is 0 Å². The fraction of sp³-hybridized carbons (Fsp3) is 0.625. The lowest BCUT2D eigenvalue weighted by Gasteiger charge is -2.43. The minimum atomic E-state index is -0.143. The van der Waals surface area contributed by atoms with E-state index in [-0.39, 0.29) is 11.4 Å². The second-order valence-electron chi connectivity index (χ2n) is 6.29. The SMILES string of the molecule is CC(C)(Cc1cccc(F)c1)N1CCC(CN)CC1. The molecule has 1 saturated heterocycles. The van der Waals surface area contributed by atoms with Crippen molar-refractivity contribution in [2.45, 2.75) is 38.6 Å². The predicted molar refractivity (Wildman–Crippen MR) is 77.5 cm³/mol. The van der Waals surface area contributed by atoms with Gasteiger partial charge in [0, 0.05) is 5.54 Å². The number of nitrogens with two attached hydrogens (primary N) is 1. The van der Waals surface area contributed by atoms with Crippen molar-refractivity contribution in [1.29, 1.82) is 0 Å². The Balaban J connectivity index is 1.98. The van der Waals surface area contributed by atoms with Gasteiger partial charge in [0.05, 0.1) is 0 Å². The third kappa shape index (κ3) is 3.77. The van der Waals surface area contributed by atoms with Crippen LogP contribution in [0.25, 0.3) is 0 Å². The summed E-state index contributed by atoms with van der Waals surface area (Å²) in [4.78, 5) is 2.52. The lowest BCUT2D eigenvalue weighted by Crippen LogP contribution is -2.50. The van der Waals surface area contributed by atoms with E-state index in [1.54, 1.807) is 12.1 Å². The van der Waals surface area contributed by atoms with Crippen LogP contribution in [0.5, 0.6) is 0 Å². The molecule has 0 amide bonds. The second-order valence-corrected chi connectivity index (χ2v) is 6.29. The molecule has 106 valence electrons. The van der Waals surface area contributed by atoms with E-state index in [1.165, 1.54) is 18.9 Å². The summed E-state index contributed by atoms with van der Waals surface area (Å²) in [6.45, 7) is 7.51. The van der Waals surface area contributed by atoms with Crippen LogP contribution in [0.3, 0.4) is 0 Å². The molecule has 1 aromatic carbocycles. The van der Waals surface area contributed by atoms with Crippen LogP contribution in [0, 0.1) is 11.7 Å². The average molecular weight is 264 g/mol. The summed E-state index contributed by atoms with van der Waals surface area (Å²) in [6, 6.07) is 6.95. The van der Waals surface area contributed by atoms with E-state index >= 15 is 0 Å². The van der Waals surface area contributed by atoms with Crippen molar-refractivity contribution >= 4 is 0 Å². The number of likely N-dealkylation sites (tertiary alicyclic amines) is 1. The molecule has 0 unspecified atom stereocenters. The third-order valence-electron chi connectivity index (χ3n) is 4.33. The van der Waals surface area contributed by atoms with Gasteiger partial charge >= 0.3 is 0 Å². The van der Waals surface area contributed by atoms with Gasteiger partial charge in [-0.05, 0) is 76.4 Å². The molecule has 0 atom stereocenters. The van der Waals surface area contributed by atoms with E-state index in [2.05, 4.69) is 18.7 Å². The molecule has 1 aromatic rings. The van der Waals surface area contributed by atoms with Crippen LogP contribution in [0.2, 0.25) is 0 Å². The Morgan fingerprint density at radius 2 is 2.00 bits per heavy atom. The molecule has 2 nitrogen and oxygen atoms in total. The molecule has 1 aliphatic rings. The summed E-state index contributed by atoms with van der Waals surface area (Å²) in [7, 11) is 0. The Kier molecular flexibility index (Phi) is 4.58. The molecule has 0 bridgehead atoms. The molecule has 19 heavy (non-hydrogen) atoms. The van der Waals surface area contributed by atoms with Crippen LogP contribution in [0.15, 0.2) is 24.3 Å². The zero-order valence-corrected chi connectivity index (χ0v) is 12.0. The zero-order valence-electron chi connectivity index (χ0n) is 12.0. The summed E-state index contributed by atoms with van der Waals surface area (Å²) in [5.74, 6) is 0.538. The van der Waals surface area contributed by atoms with Crippen LogP contribution in [-0.4, -0.2) is 30.1 Å². The van der Waals surface area contributed by atoms with Gasteiger partial charge in [-0.2, -0.15) is 0 Å². The Bertz CT molecular complexity index is 409. The van der Waals surface area contributed by atoms with Crippen molar-refractivity contribution < 1.29 is 4.39 Å². The Hall–Kier alpha value is -0.930. The van der Waals surface area contributed by atoms with Gasteiger partial charge in [0.25, 0.3) is 0 Å². The summed E-state index contributed by atoms with van der Waals surface area (Å²) >= 11 is 0. The lowest BCUT2D eigenvalue weighted by molar-refractivity contribution is 0.0764. The molecular weight excluding hydrogens is 239 g/mol. The molecule has 0 radical (unpaired) electrons. The Morgan fingerprint density at radius 1 is 1.32 bits per heavy atom. The number of hydrogen-bond donors (Lipinski definition) is 1. The monoisotopic (exact) mass is 264 g/mol. The summed E-state index contributed by atoms with van der Waals surface area (Å²) in [6.07, 6.45) is 3.25. The molecule has 0 spiro atoms. The van der Waals surface area contributed by atoms with Crippen molar-refractivity contribution in [3.8, 4) is 0 Å². The van der Waals surface area contributed by atoms with Gasteiger partial charge < -0.3 is 5.73 Å². The van der Waals surface area contributed by atoms with Gasteiger partial charge in [0.1, 0.15) is 5.82 Å². The molecule has 0 aliphatic carbocycles. The van der Waals surface area contributed by atoms with Gasteiger partial charge in [0.2, 0.25) is 0 Å². The number of halogens is 1. The fourth-order valence-corrected chi connectivity index (χ4v) is 3.03. The predicted octanol–water partition coefficient (Wildman–Crippen LogP) is 2.82. The van der Waals surface area contributed by atoms with Gasteiger partial charge in [-0.25, -0.2) is 4.39 Å². The van der Waals surface area contributed by atoms with E-state index in [1.807, 2.05) is 6.07 Å². The first-order valence-corrected chi connectivity index (χ1v) is 7.21. The van der Waals surface area contributed by atoms with Gasteiger partial charge in [0.15, 0.2) is 0 Å². The topological polar surface area (TPSA) is 29.3 Å². The maximum atomic E-state index is 13.3. The van der Waals surface area contributed by atoms with Crippen molar-refractivity contribution in [3.05, 3.63) is 35.6 Å². The smallest absolute Gasteiger partial charge is 0.123 e. The lowest BCUT2D eigenvalue weighted by atomic mass is 9.88. The second kappa shape index (κ2) is 6.02. The average Bonchev–Trinajstić information content (AvgIpc) is 2.38. The largest absolute Gasteiger partial charge is 0.330 e. The molecule has 1 aliphatic heterocycles. The standard InChI is InChI=1S/C16H25FN2/c1-16(2,11-14-4-3-5-15(17)10-14)19-8-6-13(12-18)7-9-19/h3-5,10,13H,6-9,11-12,18H2,1-2H3. The highest BCUT2D eigenvalue weighted by molar-refractivity contribution is 5.18. The van der Waals surface area contributed by atoms with Crippen LogP contribution in [-0.2, 0) is 6.42 Å². The maximum absolute atomic E-state index is 13.3. The molecule has 0 saturated carbocycles. The maximum Gasteiger partial charge on any atom is 0.123 e. The van der Waals surface area contributed by atoms with Crippen molar-refractivity contribution in [2.24, 2.45) is 11.7 Å². The Labute approximate surface area is 115 Å². The van der Waals surface area contributed by atoms with E-state index in [0.717, 1.165) is 31.6 Å². The molecule has 2 rings (SSSR count). The van der Waals surface area contributed by atoms with E-state index in [4.69, 9.17) is 5.73 Å². The van der Waals surface area contributed by atoms with Crippen molar-refractivity contribution in [1.82, 2.24) is 4.90 Å². The minimum Gasteiger partial charge on any atom is -0.330 e. The molecular formula is C16H25FN2. The van der Waals surface area contributed by atoms with Crippen LogP contribution >= 0.6 is 0 Å². The van der Waals surface area contributed by atoms with E-state index < -0.39 is 0 Å². The van der Waals surface area contributed by atoms with E-state index in [0.29, 0.717) is 5.92 Å².